The Morgan fingerprint density at radius 1 is 1.29 bits per heavy atom. The predicted molar refractivity (Wildman–Crippen MR) is 79.4 cm³/mol. The minimum Gasteiger partial charge on any atom is -0.480 e. The molecule has 7 heteroatoms. The molecular weight excluding hydrogens is 274 g/mol. The number of para-hydroxylation sites is 1. The topological polar surface area (TPSA) is 102 Å². The summed E-state index contributed by atoms with van der Waals surface area (Å²) in [6.45, 7) is 0.535. The summed E-state index contributed by atoms with van der Waals surface area (Å²) < 4.78 is 0. The van der Waals surface area contributed by atoms with Crippen molar-refractivity contribution in [3.8, 4) is 0 Å². The summed E-state index contributed by atoms with van der Waals surface area (Å²) in [5.41, 5.74) is 1.09. The fraction of sp³-hybridized carbons (Fsp3) is 0.429. The molecule has 0 aliphatic carbocycles. The van der Waals surface area contributed by atoms with Gasteiger partial charge in [-0.3, -0.25) is 0 Å². The van der Waals surface area contributed by atoms with Gasteiger partial charge < -0.3 is 25.7 Å². The number of amides is 2. The largest absolute Gasteiger partial charge is 0.480 e. The third-order valence-corrected chi connectivity index (χ3v) is 2.94. The van der Waals surface area contributed by atoms with E-state index in [0.29, 0.717) is 6.54 Å². The van der Waals surface area contributed by atoms with E-state index in [-0.39, 0.29) is 0 Å². The number of urea groups is 1. The average Bonchev–Trinajstić information content (AvgIpc) is 2.49. The molecule has 0 aliphatic heterocycles. The van der Waals surface area contributed by atoms with Crippen LogP contribution in [-0.2, 0) is 4.79 Å². The molecule has 0 aromatic heterocycles. The first-order valence-electron chi connectivity index (χ1n) is 6.68. The molecule has 0 fully saturated rings. The fourth-order valence-electron chi connectivity index (χ4n) is 1.72. The van der Waals surface area contributed by atoms with E-state index in [1.807, 2.05) is 37.4 Å². The second kappa shape index (κ2) is 8.80. The zero-order chi connectivity index (χ0) is 15.7. The summed E-state index contributed by atoms with van der Waals surface area (Å²) in [6.07, 6.45) is 0.718. The van der Waals surface area contributed by atoms with Crippen LogP contribution in [0.1, 0.15) is 6.42 Å². The number of anilines is 1. The molecule has 0 heterocycles. The van der Waals surface area contributed by atoms with Gasteiger partial charge in [0.2, 0.25) is 0 Å². The van der Waals surface area contributed by atoms with Crippen LogP contribution in [0.5, 0.6) is 0 Å². The van der Waals surface area contributed by atoms with Gasteiger partial charge in [-0.15, -0.1) is 0 Å². The SMILES string of the molecule is CN(CCCNC(=O)N[C@H](CO)C(=O)O)c1ccccc1. The molecule has 1 atom stereocenters. The van der Waals surface area contributed by atoms with Gasteiger partial charge in [-0.05, 0) is 18.6 Å². The van der Waals surface area contributed by atoms with Gasteiger partial charge in [-0.2, -0.15) is 0 Å². The van der Waals surface area contributed by atoms with Crippen LogP contribution >= 0.6 is 0 Å². The van der Waals surface area contributed by atoms with Gasteiger partial charge >= 0.3 is 12.0 Å². The van der Waals surface area contributed by atoms with Gasteiger partial charge in [-0.25, -0.2) is 9.59 Å². The van der Waals surface area contributed by atoms with Crippen LogP contribution in [0.25, 0.3) is 0 Å². The number of hydrogen-bond acceptors (Lipinski definition) is 4. The Labute approximate surface area is 123 Å². The number of nitrogens with zero attached hydrogens (tertiary/aromatic N) is 1. The predicted octanol–water partition coefficient (Wildman–Crippen LogP) is 0.258. The Balaban J connectivity index is 2.22. The molecule has 4 N–H and O–H groups in total. The number of aliphatic hydroxyl groups is 1. The van der Waals surface area contributed by atoms with Crippen LogP contribution in [0.3, 0.4) is 0 Å². The number of carboxylic acids is 1. The smallest absolute Gasteiger partial charge is 0.328 e. The highest BCUT2D eigenvalue weighted by Gasteiger charge is 2.18. The van der Waals surface area contributed by atoms with Gasteiger partial charge in [0.1, 0.15) is 0 Å². The quantitative estimate of drug-likeness (QED) is 0.515. The van der Waals surface area contributed by atoms with Crippen molar-refractivity contribution in [1.29, 1.82) is 0 Å². The van der Waals surface area contributed by atoms with E-state index in [9.17, 15) is 9.59 Å². The Morgan fingerprint density at radius 3 is 2.52 bits per heavy atom. The summed E-state index contributed by atoms with van der Waals surface area (Å²) in [4.78, 5) is 24.1. The molecule has 1 aromatic rings. The van der Waals surface area contributed by atoms with E-state index >= 15 is 0 Å². The summed E-state index contributed by atoms with van der Waals surface area (Å²) >= 11 is 0. The maximum Gasteiger partial charge on any atom is 0.328 e. The van der Waals surface area contributed by atoms with Crippen LogP contribution in [0.4, 0.5) is 10.5 Å². The monoisotopic (exact) mass is 295 g/mol. The lowest BCUT2D eigenvalue weighted by Crippen LogP contribution is -2.48. The minimum absolute atomic E-state index is 0.417. The van der Waals surface area contributed by atoms with Crippen molar-refractivity contribution < 1.29 is 19.8 Å². The van der Waals surface area contributed by atoms with E-state index in [2.05, 4.69) is 15.5 Å². The minimum atomic E-state index is -1.28. The highest BCUT2D eigenvalue weighted by Crippen LogP contribution is 2.10. The number of aliphatic carboxylic acids is 1. The number of nitrogens with one attached hydrogen (secondary N) is 2. The van der Waals surface area contributed by atoms with Crippen LogP contribution in [0.15, 0.2) is 30.3 Å². The van der Waals surface area contributed by atoms with E-state index < -0.39 is 24.6 Å². The number of aliphatic hydroxyl groups excluding tert-OH is 1. The number of carbonyl (C=O) groups excluding carboxylic acids is 1. The Bertz CT molecular complexity index is 453. The molecule has 0 saturated carbocycles. The normalized spacial score (nSPS) is 11.5. The first kappa shape index (κ1) is 16.8. The van der Waals surface area contributed by atoms with Gasteiger partial charge in [0, 0.05) is 25.8 Å². The maximum atomic E-state index is 11.4. The van der Waals surface area contributed by atoms with E-state index in [4.69, 9.17) is 10.2 Å². The van der Waals surface area contributed by atoms with Crippen molar-refractivity contribution in [1.82, 2.24) is 10.6 Å². The van der Waals surface area contributed by atoms with E-state index in [1.165, 1.54) is 0 Å². The second-order valence-corrected chi connectivity index (χ2v) is 4.58. The molecule has 0 bridgehead atoms. The number of carbonyl (C=O) groups is 2. The average molecular weight is 295 g/mol. The number of carboxylic acid groups (broad SMARTS) is 1. The van der Waals surface area contributed by atoms with Crippen molar-refractivity contribution >= 4 is 17.7 Å². The number of hydrogen-bond donors (Lipinski definition) is 4. The van der Waals surface area contributed by atoms with Gasteiger partial charge in [0.25, 0.3) is 0 Å². The number of benzene rings is 1. The summed E-state index contributed by atoms with van der Waals surface area (Å²) in [5.74, 6) is -1.27. The molecule has 0 saturated heterocycles. The maximum absolute atomic E-state index is 11.4. The zero-order valence-electron chi connectivity index (χ0n) is 12.0. The second-order valence-electron chi connectivity index (χ2n) is 4.58. The van der Waals surface area contributed by atoms with Crippen molar-refractivity contribution in [2.24, 2.45) is 0 Å². The Kier molecular flexibility index (Phi) is 7.03. The molecule has 1 aromatic carbocycles. The molecule has 1 rings (SSSR count). The molecule has 7 nitrogen and oxygen atoms in total. The highest BCUT2D eigenvalue weighted by atomic mass is 16.4. The van der Waals surface area contributed by atoms with Crippen LogP contribution in [0, 0.1) is 0 Å². The van der Waals surface area contributed by atoms with Crippen molar-refractivity contribution in [2.75, 3.05) is 31.6 Å². The third kappa shape index (κ3) is 6.13. The number of rotatable bonds is 8. The van der Waals surface area contributed by atoms with Crippen molar-refractivity contribution in [3.63, 3.8) is 0 Å². The lowest BCUT2D eigenvalue weighted by molar-refractivity contribution is -0.140. The van der Waals surface area contributed by atoms with Crippen molar-refractivity contribution in [3.05, 3.63) is 30.3 Å². The van der Waals surface area contributed by atoms with Gasteiger partial charge in [0.05, 0.1) is 6.61 Å². The summed E-state index contributed by atoms with van der Waals surface area (Å²) in [5, 5.41) is 22.2. The molecule has 0 unspecified atom stereocenters. The third-order valence-electron chi connectivity index (χ3n) is 2.94. The van der Waals surface area contributed by atoms with Crippen LogP contribution in [0.2, 0.25) is 0 Å². The molecule has 116 valence electrons. The first-order valence-corrected chi connectivity index (χ1v) is 6.68. The first-order chi connectivity index (χ1) is 10.0. The summed E-state index contributed by atoms with van der Waals surface area (Å²) in [6, 6.07) is 7.98. The lowest BCUT2D eigenvalue weighted by atomic mass is 10.3. The molecule has 21 heavy (non-hydrogen) atoms. The summed E-state index contributed by atoms with van der Waals surface area (Å²) in [7, 11) is 1.96. The van der Waals surface area contributed by atoms with E-state index in [0.717, 1.165) is 18.7 Å². The molecule has 2 amide bonds. The lowest BCUT2D eigenvalue weighted by Gasteiger charge is -2.19. The molecule has 0 aliphatic rings. The fourth-order valence-corrected chi connectivity index (χ4v) is 1.72. The van der Waals surface area contributed by atoms with Gasteiger partial charge in [0.15, 0.2) is 6.04 Å². The Morgan fingerprint density at radius 2 is 1.95 bits per heavy atom. The zero-order valence-corrected chi connectivity index (χ0v) is 12.0. The molecular formula is C14H21N3O4. The Hall–Kier alpha value is -2.28. The molecule has 0 radical (unpaired) electrons. The van der Waals surface area contributed by atoms with Crippen molar-refractivity contribution in [2.45, 2.75) is 12.5 Å². The standard InChI is InChI=1S/C14H21N3O4/c1-17(11-6-3-2-4-7-11)9-5-8-15-14(21)16-12(10-18)13(19)20/h2-4,6-7,12,18H,5,8-10H2,1H3,(H,19,20)(H2,15,16,21)/t12-/m1/s1. The van der Waals surface area contributed by atoms with Gasteiger partial charge in [-0.1, -0.05) is 18.2 Å². The van der Waals surface area contributed by atoms with Crippen LogP contribution in [-0.4, -0.2) is 55.0 Å². The van der Waals surface area contributed by atoms with Crippen LogP contribution < -0.4 is 15.5 Å². The highest BCUT2D eigenvalue weighted by molar-refractivity contribution is 5.82. The van der Waals surface area contributed by atoms with E-state index in [1.54, 1.807) is 0 Å². The molecule has 0 spiro atoms.